The lowest BCUT2D eigenvalue weighted by Gasteiger charge is -2.29. The molecule has 0 saturated carbocycles. The van der Waals surface area contributed by atoms with E-state index in [4.69, 9.17) is 8.83 Å². The van der Waals surface area contributed by atoms with Crippen molar-refractivity contribution in [3.8, 4) is 44.5 Å². The number of benzene rings is 9. The number of fused-ring (bicyclic) bond motifs is 12. The third kappa shape index (κ3) is 5.14. The van der Waals surface area contributed by atoms with Crippen LogP contribution >= 0.6 is 0 Å². The van der Waals surface area contributed by atoms with E-state index >= 15 is 0 Å². The van der Waals surface area contributed by atoms with Crippen LogP contribution in [0.15, 0.2) is 197 Å². The molecule has 11 aromatic rings. The molecular formula is C60H43NO2. The molecule has 0 atom stereocenters. The SMILES string of the molecule is CC1(C)c2cc(-c3cccc4c3oc3ccccc34)ccc2-c2ccc(N(c3ccccc3)c3ccc4c(c3)C(C)(C)c3cc(-c5cccc6c5oc5ccccc56)ccc3-4)cc21. The summed E-state index contributed by atoms with van der Waals surface area (Å²) in [5.74, 6) is 0. The second-order valence-electron chi connectivity index (χ2n) is 18.5. The Morgan fingerprint density at radius 1 is 0.317 bits per heavy atom. The molecule has 2 aliphatic rings. The van der Waals surface area contributed by atoms with E-state index in [2.05, 4.69) is 209 Å². The van der Waals surface area contributed by atoms with Gasteiger partial charge in [0.05, 0.1) is 0 Å². The second-order valence-corrected chi connectivity index (χ2v) is 18.5. The van der Waals surface area contributed by atoms with Crippen LogP contribution in [0.5, 0.6) is 0 Å². The van der Waals surface area contributed by atoms with Crippen molar-refractivity contribution < 1.29 is 8.83 Å². The van der Waals surface area contributed by atoms with Crippen LogP contribution in [-0.4, -0.2) is 0 Å². The zero-order valence-electron chi connectivity index (χ0n) is 35.7. The molecule has 0 saturated heterocycles. The van der Waals surface area contributed by atoms with Crippen LogP contribution in [0.1, 0.15) is 49.9 Å². The molecule has 9 aromatic carbocycles. The highest BCUT2D eigenvalue weighted by Crippen LogP contribution is 2.54. The molecule has 3 heteroatoms. The Morgan fingerprint density at radius 3 is 1.19 bits per heavy atom. The van der Waals surface area contributed by atoms with Gasteiger partial charge >= 0.3 is 0 Å². The maximum absolute atomic E-state index is 6.49. The minimum absolute atomic E-state index is 0.229. The van der Waals surface area contributed by atoms with Gasteiger partial charge in [-0.15, -0.1) is 0 Å². The first-order valence-corrected chi connectivity index (χ1v) is 22.0. The summed E-state index contributed by atoms with van der Waals surface area (Å²) >= 11 is 0. The first-order valence-electron chi connectivity index (χ1n) is 22.0. The molecule has 0 aliphatic heterocycles. The monoisotopic (exact) mass is 809 g/mol. The highest BCUT2D eigenvalue weighted by molar-refractivity contribution is 6.11. The molecule has 300 valence electrons. The van der Waals surface area contributed by atoms with Crippen molar-refractivity contribution in [2.75, 3.05) is 4.90 Å². The van der Waals surface area contributed by atoms with E-state index in [0.29, 0.717) is 0 Å². The Morgan fingerprint density at radius 2 is 0.714 bits per heavy atom. The molecular weight excluding hydrogens is 767 g/mol. The van der Waals surface area contributed by atoms with Gasteiger partial charge in [0.2, 0.25) is 0 Å². The summed E-state index contributed by atoms with van der Waals surface area (Å²) in [6.07, 6.45) is 0. The largest absolute Gasteiger partial charge is 0.455 e. The molecule has 0 spiro atoms. The lowest BCUT2D eigenvalue weighted by molar-refractivity contribution is 0.659. The maximum Gasteiger partial charge on any atom is 0.143 e. The zero-order chi connectivity index (χ0) is 42.2. The minimum atomic E-state index is -0.229. The quantitative estimate of drug-likeness (QED) is 0.173. The van der Waals surface area contributed by atoms with Gasteiger partial charge in [-0.05, 0) is 116 Å². The predicted octanol–water partition coefficient (Wildman–Crippen LogP) is 16.9. The van der Waals surface area contributed by atoms with Crippen LogP contribution in [0.3, 0.4) is 0 Å². The van der Waals surface area contributed by atoms with Crippen LogP contribution in [0.2, 0.25) is 0 Å². The lowest BCUT2D eigenvalue weighted by atomic mass is 9.81. The third-order valence-electron chi connectivity index (χ3n) is 14.3. The Hall–Kier alpha value is -7.62. The van der Waals surface area contributed by atoms with Gasteiger partial charge in [0.15, 0.2) is 0 Å². The summed E-state index contributed by atoms with van der Waals surface area (Å²) < 4.78 is 13.0. The van der Waals surface area contributed by atoms with Crippen molar-refractivity contribution in [2.24, 2.45) is 0 Å². The number of hydrogen-bond donors (Lipinski definition) is 0. The number of hydrogen-bond acceptors (Lipinski definition) is 3. The van der Waals surface area contributed by atoms with Crippen molar-refractivity contribution in [3.63, 3.8) is 0 Å². The molecule has 0 amide bonds. The molecule has 3 nitrogen and oxygen atoms in total. The molecule has 0 N–H and O–H groups in total. The van der Waals surface area contributed by atoms with Crippen LogP contribution in [-0.2, 0) is 10.8 Å². The van der Waals surface area contributed by atoms with E-state index in [-0.39, 0.29) is 10.8 Å². The summed E-state index contributed by atoms with van der Waals surface area (Å²) in [6, 6.07) is 68.6. The minimum Gasteiger partial charge on any atom is -0.455 e. The van der Waals surface area contributed by atoms with E-state index in [1.807, 2.05) is 12.1 Å². The van der Waals surface area contributed by atoms with Gasteiger partial charge in [-0.1, -0.05) is 155 Å². The van der Waals surface area contributed by atoms with Crippen molar-refractivity contribution in [1.82, 2.24) is 0 Å². The van der Waals surface area contributed by atoms with Crippen molar-refractivity contribution >= 4 is 60.9 Å². The molecule has 0 bridgehead atoms. The van der Waals surface area contributed by atoms with Gasteiger partial charge < -0.3 is 13.7 Å². The van der Waals surface area contributed by atoms with Gasteiger partial charge in [-0.3, -0.25) is 0 Å². The Kier molecular flexibility index (Phi) is 7.42. The fraction of sp³-hybridized carbons (Fsp3) is 0.100. The van der Waals surface area contributed by atoms with Crippen LogP contribution in [0.25, 0.3) is 88.4 Å². The smallest absolute Gasteiger partial charge is 0.143 e. The molecule has 0 radical (unpaired) electrons. The molecule has 13 rings (SSSR count). The number of rotatable bonds is 5. The van der Waals surface area contributed by atoms with E-state index < -0.39 is 0 Å². The highest BCUT2D eigenvalue weighted by Gasteiger charge is 2.38. The van der Waals surface area contributed by atoms with E-state index in [0.717, 1.165) is 72.1 Å². The molecule has 2 aliphatic carbocycles. The lowest BCUT2D eigenvalue weighted by Crippen LogP contribution is -2.18. The zero-order valence-corrected chi connectivity index (χ0v) is 35.7. The van der Waals surface area contributed by atoms with E-state index in [9.17, 15) is 0 Å². The molecule has 2 aromatic heterocycles. The topological polar surface area (TPSA) is 29.5 Å². The molecule has 0 unspecified atom stereocenters. The van der Waals surface area contributed by atoms with Crippen LogP contribution in [0.4, 0.5) is 17.1 Å². The normalized spacial score (nSPS) is 14.3. The first-order chi connectivity index (χ1) is 30.7. The van der Waals surface area contributed by atoms with Gasteiger partial charge in [0.1, 0.15) is 22.3 Å². The number of nitrogens with zero attached hydrogens (tertiary/aromatic N) is 1. The Labute approximate surface area is 366 Å². The van der Waals surface area contributed by atoms with Crippen molar-refractivity contribution in [2.45, 2.75) is 38.5 Å². The summed E-state index contributed by atoms with van der Waals surface area (Å²) in [5.41, 5.74) is 21.7. The van der Waals surface area contributed by atoms with E-state index in [1.165, 1.54) is 55.6 Å². The predicted molar refractivity (Wildman–Crippen MR) is 262 cm³/mol. The third-order valence-corrected chi connectivity index (χ3v) is 14.3. The van der Waals surface area contributed by atoms with Gasteiger partial charge in [0, 0.05) is 60.6 Å². The number of anilines is 3. The van der Waals surface area contributed by atoms with E-state index in [1.54, 1.807) is 0 Å². The van der Waals surface area contributed by atoms with Gasteiger partial charge in [-0.25, -0.2) is 0 Å². The fourth-order valence-electron chi connectivity index (χ4n) is 11.0. The second kappa shape index (κ2) is 13.0. The van der Waals surface area contributed by atoms with Crippen molar-refractivity contribution in [1.29, 1.82) is 0 Å². The average molecular weight is 810 g/mol. The summed E-state index contributed by atoms with van der Waals surface area (Å²) in [4.78, 5) is 2.43. The maximum atomic E-state index is 6.49. The standard InChI is InChI=1S/C60H43NO2/c1-59(2)51-32-36(41-18-12-20-49-47-16-8-10-22-55(47)62-57(41)49)24-28-43(51)45-30-26-39(34-53(45)59)61(38-14-6-5-7-15-38)40-27-31-46-44-29-25-37(33-52(44)60(3,4)54(46)35-40)42-19-13-21-50-48-17-9-11-23-56(48)63-58(42)50/h5-35H,1-4H3. The highest BCUT2D eigenvalue weighted by atomic mass is 16.3. The van der Waals surface area contributed by atoms with Crippen LogP contribution < -0.4 is 4.90 Å². The number of para-hydroxylation sites is 5. The summed E-state index contributed by atoms with van der Waals surface area (Å²) in [6.45, 7) is 9.49. The average Bonchev–Trinajstić information content (AvgIpc) is 4.02. The Bertz CT molecular complexity index is 3470. The Balaban J connectivity index is 0.889. The van der Waals surface area contributed by atoms with Gasteiger partial charge in [-0.2, -0.15) is 0 Å². The number of furan rings is 2. The fourth-order valence-corrected chi connectivity index (χ4v) is 11.0. The van der Waals surface area contributed by atoms with Gasteiger partial charge in [0.25, 0.3) is 0 Å². The van der Waals surface area contributed by atoms with Crippen LogP contribution in [0, 0.1) is 0 Å². The molecule has 0 fully saturated rings. The summed E-state index contributed by atoms with van der Waals surface area (Å²) in [7, 11) is 0. The van der Waals surface area contributed by atoms with Crippen molar-refractivity contribution in [3.05, 3.63) is 210 Å². The first kappa shape index (κ1) is 36.1. The molecule has 2 heterocycles. The summed E-state index contributed by atoms with van der Waals surface area (Å²) in [5, 5.41) is 4.60. The molecule has 63 heavy (non-hydrogen) atoms.